The second-order valence-electron chi connectivity index (χ2n) is 8.71. The number of carbonyl (C=O) groups excluding carboxylic acids is 1. The molecule has 1 aliphatic heterocycles. The van der Waals surface area contributed by atoms with Crippen LogP contribution in [-0.2, 0) is 16.6 Å². The van der Waals surface area contributed by atoms with Crippen molar-refractivity contribution in [1.29, 1.82) is 0 Å². The van der Waals surface area contributed by atoms with E-state index in [-0.39, 0.29) is 21.4 Å². The number of likely N-dealkylation sites (tertiary alicyclic amines) is 1. The van der Waals surface area contributed by atoms with Gasteiger partial charge in [-0.2, -0.15) is 0 Å². The van der Waals surface area contributed by atoms with Gasteiger partial charge in [0.15, 0.2) is 0 Å². The van der Waals surface area contributed by atoms with Gasteiger partial charge < -0.3 is 4.90 Å². The van der Waals surface area contributed by atoms with E-state index in [0.29, 0.717) is 40.4 Å². The van der Waals surface area contributed by atoms with Crippen LogP contribution in [0.4, 0.5) is 5.69 Å². The zero-order valence-electron chi connectivity index (χ0n) is 19.3. The van der Waals surface area contributed by atoms with Crippen LogP contribution in [0.2, 0.25) is 5.02 Å². The van der Waals surface area contributed by atoms with Crippen molar-refractivity contribution < 1.29 is 13.2 Å². The maximum absolute atomic E-state index is 13.3. The number of amides is 1. The van der Waals surface area contributed by atoms with Crippen molar-refractivity contribution in [3.63, 3.8) is 0 Å². The van der Waals surface area contributed by atoms with Gasteiger partial charge in [0.1, 0.15) is 0 Å². The highest BCUT2D eigenvalue weighted by Crippen LogP contribution is 2.26. The maximum atomic E-state index is 13.3. The van der Waals surface area contributed by atoms with Crippen LogP contribution < -0.4 is 9.60 Å². The molecule has 7 nitrogen and oxygen atoms in total. The standard InChI is InChI=1S/C26H24ClN3O4S2/c27-19-10-8-18(9-11-19)17-30-23-13-12-20(16-24(23)35-26(30)32)36(33,34)28-22-7-3-2-6-21(22)25(31)29-14-4-1-5-15-29/h2-3,6-13,16,28H,1,4-5,14-15,17H2. The minimum atomic E-state index is -4.00. The van der Waals surface area contributed by atoms with Crippen LogP contribution in [0.1, 0.15) is 35.2 Å². The van der Waals surface area contributed by atoms with Crippen molar-refractivity contribution in [3.8, 4) is 0 Å². The van der Waals surface area contributed by atoms with Gasteiger partial charge in [0.05, 0.1) is 32.9 Å². The normalized spacial score (nSPS) is 14.2. The number of hydrogen-bond donors (Lipinski definition) is 1. The van der Waals surface area contributed by atoms with Crippen molar-refractivity contribution in [2.75, 3.05) is 17.8 Å². The molecule has 1 fully saturated rings. The van der Waals surface area contributed by atoms with Gasteiger partial charge in [0, 0.05) is 18.1 Å². The number of rotatable bonds is 6. The van der Waals surface area contributed by atoms with Gasteiger partial charge >= 0.3 is 4.87 Å². The van der Waals surface area contributed by atoms with Crippen molar-refractivity contribution in [2.24, 2.45) is 0 Å². The minimum absolute atomic E-state index is 0.0233. The fourth-order valence-corrected chi connectivity index (χ4v) is 6.60. The molecule has 5 rings (SSSR count). The molecule has 0 unspecified atom stereocenters. The Morgan fingerprint density at radius 2 is 1.69 bits per heavy atom. The number of piperidine rings is 1. The quantitative estimate of drug-likeness (QED) is 0.364. The number of para-hydroxylation sites is 1. The number of nitrogens with zero attached hydrogens (tertiary/aromatic N) is 2. The molecule has 10 heteroatoms. The third-order valence-electron chi connectivity index (χ3n) is 6.25. The number of anilines is 1. The van der Waals surface area contributed by atoms with Crippen molar-refractivity contribution in [1.82, 2.24) is 9.47 Å². The average Bonchev–Trinajstić information content (AvgIpc) is 3.19. The Balaban J connectivity index is 1.43. The van der Waals surface area contributed by atoms with E-state index in [1.54, 1.807) is 51.9 Å². The highest BCUT2D eigenvalue weighted by Gasteiger charge is 2.24. The van der Waals surface area contributed by atoms with E-state index in [1.165, 1.54) is 12.1 Å². The Kier molecular flexibility index (Phi) is 6.87. The van der Waals surface area contributed by atoms with Crippen LogP contribution in [0.15, 0.2) is 76.4 Å². The lowest BCUT2D eigenvalue weighted by Crippen LogP contribution is -2.36. The molecule has 3 aromatic carbocycles. The predicted octanol–water partition coefficient (Wildman–Crippen LogP) is 5.19. The highest BCUT2D eigenvalue weighted by atomic mass is 35.5. The topological polar surface area (TPSA) is 88.5 Å². The van der Waals surface area contributed by atoms with E-state index in [2.05, 4.69) is 4.72 Å². The van der Waals surface area contributed by atoms with Gasteiger partial charge in [-0.05, 0) is 67.3 Å². The molecule has 2 heterocycles. The van der Waals surface area contributed by atoms with Crippen molar-refractivity contribution in [3.05, 3.63) is 92.5 Å². The molecule has 0 saturated carbocycles. The van der Waals surface area contributed by atoms with Gasteiger partial charge in [-0.1, -0.05) is 47.2 Å². The van der Waals surface area contributed by atoms with Crippen LogP contribution >= 0.6 is 22.9 Å². The van der Waals surface area contributed by atoms with Crippen LogP contribution in [0.25, 0.3) is 10.2 Å². The Labute approximate surface area is 218 Å². The number of sulfonamides is 1. The Morgan fingerprint density at radius 1 is 0.972 bits per heavy atom. The predicted molar refractivity (Wildman–Crippen MR) is 144 cm³/mol. The van der Waals surface area contributed by atoms with Crippen LogP contribution in [0.3, 0.4) is 0 Å². The largest absolute Gasteiger partial charge is 0.339 e. The number of fused-ring (bicyclic) bond motifs is 1. The Morgan fingerprint density at radius 3 is 2.44 bits per heavy atom. The molecule has 0 atom stereocenters. The third-order valence-corrected chi connectivity index (χ3v) is 8.81. The summed E-state index contributed by atoms with van der Waals surface area (Å²) in [6.45, 7) is 1.69. The van der Waals surface area contributed by atoms with E-state index < -0.39 is 10.0 Å². The van der Waals surface area contributed by atoms with Gasteiger partial charge in [0.25, 0.3) is 15.9 Å². The first-order valence-electron chi connectivity index (χ1n) is 11.6. The molecular formula is C26H24ClN3O4S2. The average molecular weight is 542 g/mol. The SMILES string of the molecule is O=C(c1ccccc1NS(=O)(=O)c1ccc2c(c1)sc(=O)n2Cc1ccc(Cl)cc1)N1CCCCC1. The monoisotopic (exact) mass is 541 g/mol. The number of halogens is 1. The summed E-state index contributed by atoms with van der Waals surface area (Å²) in [5.41, 5.74) is 2.12. The number of hydrogen-bond acceptors (Lipinski definition) is 5. The lowest BCUT2D eigenvalue weighted by Gasteiger charge is -2.27. The van der Waals surface area contributed by atoms with Gasteiger partial charge in [-0.25, -0.2) is 8.42 Å². The summed E-state index contributed by atoms with van der Waals surface area (Å²) >= 11 is 6.95. The second-order valence-corrected chi connectivity index (χ2v) is 11.8. The molecule has 0 radical (unpaired) electrons. The highest BCUT2D eigenvalue weighted by molar-refractivity contribution is 7.92. The Bertz CT molecular complexity index is 1590. The molecule has 0 aliphatic carbocycles. The smallest absolute Gasteiger partial charge is 0.308 e. The zero-order valence-corrected chi connectivity index (χ0v) is 21.7. The fraction of sp³-hybridized carbons (Fsp3) is 0.231. The Hall–Kier alpha value is -3.14. The lowest BCUT2D eigenvalue weighted by molar-refractivity contribution is 0.0725. The minimum Gasteiger partial charge on any atom is -0.339 e. The maximum Gasteiger partial charge on any atom is 0.308 e. The number of benzene rings is 3. The van der Waals surface area contributed by atoms with Crippen LogP contribution in [0, 0.1) is 0 Å². The van der Waals surface area contributed by atoms with E-state index in [4.69, 9.17) is 11.6 Å². The van der Waals surface area contributed by atoms with Crippen molar-refractivity contribution in [2.45, 2.75) is 30.7 Å². The van der Waals surface area contributed by atoms with Crippen molar-refractivity contribution >= 4 is 54.8 Å². The van der Waals surface area contributed by atoms with Gasteiger partial charge in [0.2, 0.25) is 0 Å². The molecule has 36 heavy (non-hydrogen) atoms. The summed E-state index contributed by atoms with van der Waals surface area (Å²) in [4.78, 5) is 27.4. The molecule has 1 saturated heterocycles. The number of nitrogens with one attached hydrogen (secondary N) is 1. The molecule has 4 aromatic rings. The second kappa shape index (κ2) is 10.1. The summed E-state index contributed by atoms with van der Waals surface area (Å²) in [6, 6.07) is 18.5. The number of thiazole rings is 1. The summed E-state index contributed by atoms with van der Waals surface area (Å²) in [6.07, 6.45) is 2.98. The summed E-state index contributed by atoms with van der Waals surface area (Å²) < 4.78 is 31.3. The summed E-state index contributed by atoms with van der Waals surface area (Å²) in [5, 5.41) is 0.614. The molecule has 1 aromatic heterocycles. The molecule has 1 aliphatic rings. The lowest BCUT2D eigenvalue weighted by atomic mass is 10.1. The first kappa shape index (κ1) is 24.5. The summed E-state index contributed by atoms with van der Waals surface area (Å²) in [5.74, 6) is -0.180. The van der Waals surface area contributed by atoms with E-state index in [1.807, 2.05) is 12.1 Å². The molecule has 1 N–H and O–H groups in total. The molecular weight excluding hydrogens is 518 g/mol. The zero-order chi connectivity index (χ0) is 25.3. The molecule has 186 valence electrons. The van der Waals surface area contributed by atoms with Crippen LogP contribution in [-0.4, -0.2) is 36.9 Å². The van der Waals surface area contributed by atoms with E-state index in [9.17, 15) is 18.0 Å². The number of carbonyl (C=O) groups is 1. The summed E-state index contributed by atoms with van der Waals surface area (Å²) in [7, 11) is -4.00. The van der Waals surface area contributed by atoms with E-state index in [0.717, 1.165) is 36.2 Å². The molecule has 0 bridgehead atoms. The molecule has 1 amide bonds. The van der Waals surface area contributed by atoms with E-state index >= 15 is 0 Å². The fourth-order valence-electron chi connectivity index (χ4n) is 4.37. The van der Waals surface area contributed by atoms with Gasteiger partial charge in [-0.15, -0.1) is 0 Å². The first-order chi connectivity index (χ1) is 17.3. The molecule has 0 spiro atoms. The van der Waals surface area contributed by atoms with Gasteiger partial charge in [-0.3, -0.25) is 18.9 Å². The number of aromatic nitrogens is 1. The third kappa shape index (κ3) is 5.04. The first-order valence-corrected chi connectivity index (χ1v) is 14.3. The van der Waals surface area contributed by atoms with Crippen LogP contribution in [0.5, 0.6) is 0 Å².